The Labute approximate surface area is 151 Å². The molecule has 138 valence electrons. The molecule has 26 heavy (non-hydrogen) atoms. The highest BCUT2D eigenvalue weighted by Gasteiger charge is 2.20. The minimum absolute atomic E-state index is 0.0301. The number of nitrogen functional groups attached to an aromatic ring is 1. The molecule has 0 unspecified atom stereocenters. The summed E-state index contributed by atoms with van der Waals surface area (Å²) in [5.74, 6) is -0.977. The van der Waals surface area contributed by atoms with Crippen LogP contribution in [0, 0.1) is 10.1 Å². The lowest BCUT2D eigenvalue weighted by molar-refractivity contribution is -0.384. The molecule has 0 amide bonds. The molecule has 0 aliphatic rings. The summed E-state index contributed by atoms with van der Waals surface area (Å²) in [6.45, 7) is 1.45. The number of benzene rings is 1. The minimum atomic E-state index is -0.914. The summed E-state index contributed by atoms with van der Waals surface area (Å²) >= 11 is 5.87. The molecule has 10 nitrogen and oxygen atoms in total. The number of aromatic amines is 1. The fourth-order valence-corrected chi connectivity index (χ4v) is 2.47. The Morgan fingerprint density at radius 3 is 2.69 bits per heavy atom. The molecule has 3 N–H and O–H groups in total. The van der Waals surface area contributed by atoms with Crippen LogP contribution in [0.2, 0.25) is 5.02 Å². The number of ketones is 1. The van der Waals surface area contributed by atoms with Crippen molar-refractivity contribution in [2.24, 2.45) is 0 Å². The van der Waals surface area contributed by atoms with Gasteiger partial charge in [-0.05, 0) is 12.5 Å². The van der Waals surface area contributed by atoms with E-state index in [2.05, 4.69) is 0 Å². The summed E-state index contributed by atoms with van der Waals surface area (Å²) < 4.78 is 6.32. The molecule has 1 aromatic heterocycles. The number of Topliss-reactive ketones (excluding diaryl/α,β-unsaturated/α-hetero) is 1. The van der Waals surface area contributed by atoms with Crippen molar-refractivity contribution >= 4 is 28.9 Å². The largest absolute Gasteiger partial charge is 0.484 e. The van der Waals surface area contributed by atoms with Crippen molar-refractivity contribution in [1.29, 1.82) is 0 Å². The average Bonchev–Trinajstić information content (AvgIpc) is 2.57. The van der Waals surface area contributed by atoms with Gasteiger partial charge < -0.3 is 10.5 Å². The van der Waals surface area contributed by atoms with Gasteiger partial charge >= 0.3 is 5.69 Å². The molecule has 0 atom stereocenters. The van der Waals surface area contributed by atoms with E-state index in [-0.39, 0.29) is 28.8 Å². The first-order chi connectivity index (χ1) is 12.3. The number of halogens is 1. The number of non-ortho nitro benzene ring substituents is 1. The molecule has 0 radical (unpaired) electrons. The van der Waals surface area contributed by atoms with Gasteiger partial charge in [0.2, 0.25) is 5.78 Å². The summed E-state index contributed by atoms with van der Waals surface area (Å²) in [5, 5.41) is 10.6. The summed E-state index contributed by atoms with van der Waals surface area (Å²) in [7, 11) is 0. The predicted molar refractivity (Wildman–Crippen MR) is 94.0 cm³/mol. The molecule has 0 bridgehead atoms. The van der Waals surface area contributed by atoms with Crippen molar-refractivity contribution in [3.8, 4) is 5.75 Å². The lowest BCUT2D eigenvalue weighted by Crippen LogP contribution is -2.37. The number of nitro groups is 1. The summed E-state index contributed by atoms with van der Waals surface area (Å²) in [6.07, 6.45) is 0.568. The smallest absolute Gasteiger partial charge is 0.329 e. The van der Waals surface area contributed by atoms with Crippen LogP contribution in [0.5, 0.6) is 5.75 Å². The van der Waals surface area contributed by atoms with Crippen LogP contribution in [0.15, 0.2) is 27.8 Å². The number of anilines is 1. The Kier molecular flexibility index (Phi) is 5.78. The van der Waals surface area contributed by atoms with Crippen molar-refractivity contribution in [2.75, 3.05) is 12.3 Å². The topological polar surface area (TPSA) is 150 Å². The van der Waals surface area contributed by atoms with Crippen LogP contribution >= 0.6 is 11.6 Å². The zero-order valence-corrected chi connectivity index (χ0v) is 14.4. The summed E-state index contributed by atoms with van der Waals surface area (Å²) in [6, 6.07) is 3.47. The molecule has 2 rings (SSSR count). The van der Waals surface area contributed by atoms with Crippen molar-refractivity contribution in [3.63, 3.8) is 0 Å². The third-order valence-electron chi connectivity index (χ3n) is 3.45. The van der Waals surface area contributed by atoms with Gasteiger partial charge in [0.05, 0.1) is 9.95 Å². The lowest BCUT2D eigenvalue weighted by Gasteiger charge is -2.12. The molecule has 0 spiro atoms. The van der Waals surface area contributed by atoms with E-state index in [0.29, 0.717) is 6.42 Å². The van der Waals surface area contributed by atoms with Gasteiger partial charge in [-0.3, -0.25) is 29.3 Å². The first kappa shape index (κ1) is 19.2. The Balaban J connectivity index is 2.26. The number of hydrogen-bond donors (Lipinski definition) is 2. The van der Waals surface area contributed by atoms with Gasteiger partial charge in [0.1, 0.15) is 17.1 Å². The fraction of sp³-hybridized carbons (Fsp3) is 0.267. The van der Waals surface area contributed by atoms with Gasteiger partial charge in [-0.2, -0.15) is 0 Å². The molecule has 1 heterocycles. The third kappa shape index (κ3) is 3.91. The van der Waals surface area contributed by atoms with Gasteiger partial charge in [-0.1, -0.05) is 18.5 Å². The highest BCUT2D eigenvalue weighted by molar-refractivity contribution is 6.32. The van der Waals surface area contributed by atoms with E-state index in [0.717, 1.165) is 16.7 Å². The Morgan fingerprint density at radius 1 is 1.42 bits per heavy atom. The Morgan fingerprint density at radius 2 is 2.12 bits per heavy atom. The first-order valence-corrected chi connectivity index (χ1v) is 7.86. The van der Waals surface area contributed by atoms with Crippen molar-refractivity contribution in [1.82, 2.24) is 9.55 Å². The monoisotopic (exact) mass is 382 g/mol. The third-order valence-corrected chi connectivity index (χ3v) is 3.75. The number of nitrogens with one attached hydrogen (secondary N) is 1. The van der Waals surface area contributed by atoms with Gasteiger partial charge in [-0.15, -0.1) is 0 Å². The maximum Gasteiger partial charge on any atom is 0.329 e. The van der Waals surface area contributed by atoms with E-state index in [1.165, 1.54) is 6.07 Å². The molecule has 0 saturated carbocycles. The van der Waals surface area contributed by atoms with E-state index >= 15 is 0 Å². The summed E-state index contributed by atoms with van der Waals surface area (Å²) in [5.41, 5.74) is 3.54. The molecule has 1 aromatic carbocycles. The van der Waals surface area contributed by atoms with Crippen LogP contribution in [-0.2, 0) is 6.54 Å². The number of hydrogen-bond acceptors (Lipinski definition) is 7. The number of rotatable bonds is 7. The second-order valence-electron chi connectivity index (χ2n) is 5.25. The van der Waals surface area contributed by atoms with Crippen LogP contribution in [0.25, 0.3) is 0 Å². The van der Waals surface area contributed by atoms with Crippen LogP contribution in [0.4, 0.5) is 11.5 Å². The first-order valence-electron chi connectivity index (χ1n) is 7.48. The molecule has 0 fully saturated rings. The normalized spacial score (nSPS) is 10.5. The van der Waals surface area contributed by atoms with E-state index in [4.69, 9.17) is 22.1 Å². The Hall–Kier alpha value is -3.14. The van der Waals surface area contributed by atoms with E-state index < -0.39 is 34.1 Å². The molecule has 0 aliphatic carbocycles. The van der Waals surface area contributed by atoms with Crippen molar-refractivity contribution in [2.45, 2.75) is 19.9 Å². The highest BCUT2D eigenvalue weighted by atomic mass is 35.5. The number of ether oxygens (including phenoxy) is 1. The minimum Gasteiger partial charge on any atom is -0.484 e. The average molecular weight is 383 g/mol. The van der Waals surface area contributed by atoms with Crippen LogP contribution in [0.3, 0.4) is 0 Å². The van der Waals surface area contributed by atoms with Gasteiger partial charge in [0.15, 0.2) is 6.61 Å². The van der Waals surface area contributed by atoms with Gasteiger partial charge in [0.25, 0.3) is 11.2 Å². The highest BCUT2D eigenvalue weighted by Crippen LogP contribution is 2.28. The molecule has 0 aliphatic heterocycles. The number of nitrogens with two attached hydrogens (primary N) is 1. The van der Waals surface area contributed by atoms with Gasteiger partial charge in [-0.25, -0.2) is 4.79 Å². The number of nitro benzene ring substituents is 1. The van der Waals surface area contributed by atoms with Crippen molar-refractivity contribution < 1.29 is 14.5 Å². The number of carbonyl (C=O) groups excluding carboxylic acids is 1. The molecule has 2 aromatic rings. The Bertz CT molecular complexity index is 981. The van der Waals surface area contributed by atoms with E-state index in [9.17, 15) is 24.5 Å². The molecule has 0 saturated heterocycles. The van der Waals surface area contributed by atoms with E-state index in [1.807, 2.05) is 4.98 Å². The van der Waals surface area contributed by atoms with Crippen LogP contribution in [-0.4, -0.2) is 26.9 Å². The van der Waals surface area contributed by atoms with Crippen LogP contribution in [0.1, 0.15) is 23.7 Å². The standard InChI is InChI=1S/C15H15ClN4O6/c1-2-5-19-13(17)12(14(22)18-15(19)23)10(21)7-26-11-4-3-8(20(24)25)6-9(11)16/h3-4,6H,2,5,7,17H2,1H3,(H,18,22,23). The second-order valence-corrected chi connectivity index (χ2v) is 5.66. The lowest BCUT2D eigenvalue weighted by atomic mass is 10.2. The number of nitrogens with zero attached hydrogens (tertiary/aromatic N) is 2. The fourth-order valence-electron chi connectivity index (χ4n) is 2.24. The zero-order valence-electron chi connectivity index (χ0n) is 13.7. The van der Waals surface area contributed by atoms with E-state index in [1.54, 1.807) is 6.92 Å². The SMILES string of the molecule is CCCn1c(N)c(C(=O)COc2ccc([N+](=O)[O-])cc2Cl)c(=O)[nH]c1=O. The number of carbonyl (C=O) groups is 1. The predicted octanol–water partition coefficient (Wildman–Crippen LogP) is 1.35. The maximum absolute atomic E-state index is 12.3. The molecular weight excluding hydrogens is 368 g/mol. The molecular formula is C15H15ClN4O6. The summed E-state index contributed by atoms with van der Waals surface area (Å²) in [4.78, 5) is 48.1. The van der Waals surface area contributed by atoms with Gasteiger partial charge in [0, 0.05) is 18.7 Å². The second kappa shape index (κ2) is 7.83. The van der Waals surface area contributed by atoms with Crippen molar-refractivity contribution in [3.05, 3.63) is 59.7 Å². The molecule has 11 heteroatoms. The zero-order chi connectivity index (χ0) is 19.4. The quantitative estimate of drug-likeness (QED) is 0.416. The number of H-pyrrole nitrogens is 1. The van der Waals surface area contributed by atoms with Crippen LogP contribution < -0.4 is 21.7 Å². The number of aromatic nitrogens is 2. The maximum atomic E-state index is 12.3.